The largest absolute Gasteiger partial charge is 0.496 e. The summed E-state index contributed by atoms with van der Waals surface area (Å²) >= 11 is 0. The molecule has 0 unspecified atom stereocenters. The van der Waals surface area contributed by atoms with Gasteiger partial charge in [-0.2, -0.15) is 4.31 Å². The van der Waals surface area contributed by atoms with Crippen molar-refractivity contribution in [1.29, 1.82) is 0 Å². The quantitative estimate of drug-likeness (QED) is 0.691. The van der Waals surface area contributed by atoms with Crippen molar-refractivity contribution in [3.63, 3.8) is 0 Å². The highest BCUT2D eigenvalue weighted by Crippen LogP contribution is 2.28. The fraction of sp³-hybridized carbons (Fsp3) is 0.458. The minimum Gasteiger partial charge on any atom is -0.496 e. The van der Waals surface area contributed by atoms with Crippen LogP contribution in [0, 0.1) is 12.8 Å². The van der Waals surface area contributed by atoms with Crippen LogP contribution in [0.25, 0.3) is 0 Å². The zero-order valence-corrected chi connectivity index (χ0v) is 19.6. The lowest BCUT2D eigenvalue weighted by molar-refractivity contribution is -0.137. The predicted octanol–water partition coefficient (Wildman–Crippen LogP) is 2.75. The zero-order valence-electron chi connectivity index (χ0n) is 18.7. The maximum absolute atomic E-state index is 13.2. The molecule has 0 bridgehead atoms. The van der Waals surface area contributed by atoms with Crippen molar-refractivity contribution in [3.8, 4) is 5.75 Å². The van der Waals surface area contributed by atoms with Gasteiger partial charge in [0.1, 0.15) is 5.75 Å². The number of hydrogen-bond donors (Lipinski definition) is 0. The molecule has 2 saturated heterocycles. The highest BCUT2D eigenvalue weighted by Gasteiger charge is 2.36. The molecule has 2 aromatic carbocycles. The number of carbonyl (C=O) groups excluding carboxylic acids is 1. The molecule has 0 saturated carbocycles. The van der Waals surface area contributed by atoms with E-state index in [1.807, 2.05) is 30.0 Å². The van der Waals surface area contributed by atoms with Gasteiger partial charge in [-0.15, -0.1) is 0 Å². The second-order valence-electron chi connectivity index (χ2n) is 8.48. The van der Waals surface area contributed by atoms with Crippen molar-refractivity contribution in [2.75, 3.05) is 51.3 Å². The van der Waals surface area contributed by atoms with Gasteiger partial charge in [-0.1, -0.05) is 18.2 Å². The zero-order chi connectivity index (χ0) is 22.7. The molecule has 8 heteroatoms. The number of anilines is 1. The van der Waals surface area contributed by atoms with Crippen LogP contribution in [-0.4, -0.2) is 69.9 Å². The van der Waals surface area contributed by atoms with Gasteiger partial charge in [0.2, 0.25) is 15.9 Å². The van der Waals surface area contributed by atoms with Crippen molar-refractivity contribution < 1.29 is 17.9 Å². The van der Waals surface area contributed by atoms with Crippen molar-refractivity contribution in [2.24, 2.45) is 5.92 Å². The van der Waals surface area contributed by atoms with Gasteiger partial charge in [0, 0.05) is 45.0 Å². The van der Waals surface area contributed by atoms with Crippen molar-refractivity contribution in [1.82, 2.24) is 9.21 Å². The number of sulfonamides is 1. The lowest BCUT2D eigenvalue weighted by atomic mass is 9.97. The topological polar surface area (TPSA) is 70.2 Å². The standard InChI is InChI=1S/C24H31N3O4S/c1-19-17-22(10-11-23(19)31-2)32(29,30)27-12-6-7-20(18-27)24(28)26-15-13-25(14-16-26)21-8-4-3-5-9-21/h3-5,8-11,17,20H,6-7,12-16,18H2,1-2H3/t20-/m1/s1. The summed E-state index contributed by atoms with van der Waals surface area (Å²) in [6.45, 7) is 5.41. The molecule has 1 atom stereocenters. The molecule has 0 aliphatic carbocycles. The first-order valence-corrected chi connectivity index (χ1v) is 12.6. The minimum atomic E-state index is -3.65. The predicted molar refractivity (Wildman–Crippen MR) is 124 cm³/mol. The van der Waals surface area contributed by atoms with Crippen LogP contribution in [0.5, 0.6) is 5.75 Å². The number of piperazine rings is 1. The van der Waals surface area contributed by atoms with E-state index in [0.717, 1.165) is 25.1 Å². The number of carbonyl (C=O) groups is 1. The third-order valence-corrected chi connectivity index (χ3v) is 8.31. The Morgan fingerprint density at radius 1 is 1.00 bits per heavy atom. The minimum absolute atomic E-state index is 0.0727. The highest BCUT2D eigenvalue weighted by molar-refractivity contribution is 7.89. The van der Waals surface area contributed by atoms with Crippen molar-refractivity contribution in [3.05, 3.63) is 54.1 Å². The van der Waals surface area contributed by atoms with Crippen LogP contribution in [0.2, 0.25) is 0 Å². The van der Waals surface area contributed by atoms with E-state index in [4.69, 9.17) is 4.74 Å². The van der Waals surface area contributed by atoms with Crippen LogP contribution in [-0.2, 0) is 14.8 Å². The van der Waals surface area contributed by atoms with Gasteiger partial charge in [0.15, 0.2) is 0 Å². The van der Waals surface area contributed by atoms with Gasteiger partial charge in [0.25, 0.3) is 0 Å². The number of ether oxygens (including phenoxy) is 1. The molecule has 32 heavy (non-hydrogen) atoms. The van der Waals surface area contributed by atoms with Crippen molar-refractivity contribution >= 4 is 21.6 Å². The number of methoxy groups -OCH3 is 1. The molecule has 0 N–H and O–H groups in total. The fourth-order valence-electron chi connectivity index (χ4n) is 4.60. The molecule has 2 aromatic rings. The average molecular weight is 458 g/mol. The summed E-state index contributed by atoms with van der Waals surface area (Å²) in [7, 11) is -2.09. The smallest absolute Gasteiger partial charge is 0.243 e. The SMILES string of the molecule is COc1ccc(S(=O)(=O)N2CCC[C@@H](C(=O)N3CCN(c4ccccc4)CC3)C2)cc1C. The number of aryl methyl sites for hydroxylation is 1. The summed E-state index contributed by atoms with van der Waals surface area (Å²) in [4.78, 5) is 17.6. The van der Waals surface area contributed by atoms with E-state index in [9.17, 15) is 13.2 Å². The molecule has 1 amide bonds. The van der Waals surface area contributed by atoms with Crippen LogP contribution in [0.4, 0.5) is 5.69 Å². The Hall–Kier alpha value is -2.58. The van der Waals surface area contributed by atoms with Gasteiger partial charge in [-0.25, -0.2) is 8.42 Å². The fourth-order valence-corrected chi connectivity index (χ4v) is 6.21. The highest BCUT2D eigenvalue weighted by atomic mass is 32.2. The van der Waals surface area contributed by atoms with Crippen LogP contribution >= 0.6 is 0 Å². The molecule has 0 spiro atoms. The molecular formula is C24H31N3O4S. The first-order chi connectivity index (χ1) is 15.4. The second kappa shape index (κ2) is 9.50. The first-order valence-electron chi connectivity index (χ1n) is 11.1. The third kappa shape index (κ3) is 4.61. The van der Waals surface area contributed by atoms with E-state index in [0.29, 0.717) is 31.8 Å². The van der Waals surface area contributed by atoms with Crippen LogP contribution in [0.1, 0.15) is 18.4 Å². The Kier molecular flexibility index (Phi) is 6.71. The van der Waals surface area contributed by atoms with Gasteiger partial charge in [-0.3, -0.25) is 4.79 Å². The van der Waals surface area contributed by atoms with E-state index >= 15 is 0 Å². The van der Waals surface area contributed by atoms with E-state index in [-0.39, 0.29) is 23.3 Å². The van der Waals surface area contributed by atoms with Crippen molar-refractivity contribution in [2.45, 2.75) is 24.7 Å². The number of piperidine rings is 1. The molecule has 172 valence electrons. The summed E-state index contributed by atoms with van der Waals surface area (Å²) in [5.74, 6) is 0.440. The van der Waals surface area contributed by atoms with E-state index in [1.54, 1.807) is 25.3 Å². The van der Waals surface area contributed by atoms with Gasteiger partial charge in [0.05, 0.1) is 17.9 Å². The number of amides is 1. The summed E-state index contributed by atoms with van der Waals surface area (Å²) in [5, 5.41) is 0. The monoisotopic (exact) mass is 457 g/mol. The van der Waals surface area contributed by atoms with Crippen LogP contribution in [0.3, 0.4) is 0 Å². The summed E-state index contributed by atoms with van der Waals surface area (Å²) in [6.07, 6.45) is 1.42. The molecule has 7 nitrogen and oxygen atoms in total. The maximum atomic E-state index is 13.2. The molecule has 2 heterocycles. The number of nitrogens with zero attached hydrogens (tertiary/aromatic N) is 3. The number of rotatable bonds is 5. The molecule has 2 fully saturated rings. The molecular weight excluding hydrogens is 426 g/mol. The van der Waals surface area contributed by atoms with E-state index < -0.39 is 10.0 Å². The molecule has 2 aliphatic heterocycles. The van der Waals surface area contributed by atoms with E-state index in [1.165, 1.54) is 9.99 Å². The summed E-state index contributed by atoms with van der Waals surface area (Å²) in [6, 6.07) is 15.1. The Bertz CT molecular complexity index is 1050. The second-order valence-corrected chi connectivity index (χ2v) is 10.4. The lowest BCUT2D eigenvalue weighted by Gasteiger charge is -2.39. The number of para-hydroxylation sites is 1. The Labute approximate surface area is 190 Å². The summed E-state index contributed by atoms with van der Waals surface area (Å²) in [5.41, 5.74) is 1.94. The van der Waals surface area contributed by atoms with Gasteiger partial charge in [-0.05, 0) is 55.7 Å². The normalized spacial score (nSPS) is 20.2. The van der Waals surface area contributed by atoms with E-state index in [2.05, 4.69) is 17.0 Å². The molecule has 4 rings (SSSR count). The molecule has 2 aliphatic rings. The van der Waals surface area contributed by atoms with Crippen LogP contribution < -0.4 is 9.64 Å². The third-order valence-electron chi connectivity index (χ3n) is 6.45. The summed E-state index contributed by atoms with van der Waals surface area (Å²) < 4.78 is 33.2. The Morgan fingerprint density at radius 3 is 2.38 bits per heavy atom. The van der Waals surface area contributed by atoms with Crippen LogP contribution in [0.15, 0.2) is 53.4 Å². The van der Waals surface area contributed by atoms with Gasteiger partial charge < -0.3 is 14.5 Å². The Morgan fingerprint density at radius 2 is 1.72 bits per heavy atom. The first kappa shape index (κ1) is 22.6. The molecule has 0 aromatic heterocycles. The average Bonchev–Trinajstić information content (AvgIpc) is 2.84. The lowest BCUT2D eigenvalue weighted by Crippen LogP contribution is -2.53. The number of hydrogen-bond acceptors (Lipinski definition) is 5. The maximum Gasteiger partial charge on any atom is 0.243 e. The van der Waals surface area contributed by atoms with Gasteiger partial charge >= 0.3 is 0 Å². The molecule has 0 radical (unpaired) electrons. The number of benzene rings is 2. The Balaban J connectivity index is 1.40.